The van der Waals surface area contributed by atoms with Crippen molar-refractivity contribution in [2.75, 3.05) is 0 Å². The quantitative estimate of drug-likeness (QED) is 0.672. The van der Waals surface area contributed by atoms with Crippen LogP contribution in [-0.2, 0) is 0 Å². The fourth-order valence-electron chi connectivity index (χ4n) is 2.19. The Labute approximate surface area is 111 Å². The van der Waals surface area contributed by atoms with E-state index in [1.165, 1.54) is 17.6 Å². The summed E-state index contributed by atoms with van der Waals surface area (Å²) in [4.78, 5) is 0. The Morgan fingerprint density at radius 2 is 1.83 bits per heavy atom. The molecule has 98 valence electrons. The summed E-state index contributed by atoms with van der Waals surface area (Å²) in [5, 5.41) is 0. The van der Waals surface area contributed by atoms with E-state index < -0.39 is 0 Å². The van der Waals surface area contributed by atoms with E-state index >= 15 is 0 Å². The van der Waals surface area contributed by atoms with Crippen LogP contribution in [0.5, 0.6) is 5.75 Å². The largest absolute Gasteiger partial charge is 0.457 e. The van der Waals surface area contributed by atoms with E-state index in [0.29, 0.717) is 5.92 Å². The van der Waals surface area contributed by atoms with Crippen molar-refractivity contribution in [1.82, 2.24) is 0 Å². The van der Waals surface area contributed by atoms with Gasteiger partial charge in [0.2, 0.25) is 0 Å². The highest BCUT2D eigenvalue weighted by Gasteiger charge is 2.23. The molecule has 2 rings (SSSR count). The van der Waals surface area contributed by atoms with Crippen molar-refractivity contribution in [3.05, 3.63) is 53.8 Å². The van der Waals surface area contributed by atoms with Gasteiger partial charge in [-0.3, -0.25) is 0 Å². The number of hydrogen-bond donors (Lipinski definition) is 0. The third kappa shape index (κ3) is 3.04. The summed E-state index contributed by atoms with van der Waals surface area (Å²) in [5.74, 6) is 2.37. The van der Waals surface area contributed by atoms with Gasteiger partial charge in [-0.05, 0) is 31.1 Å². The second-order valence-corrected chi connectivity index (χ2v) is 4.56. The first kappa shape index (κ1) is 14.6. The average Bonchev–Trinajstić information content (AvgIpc) is 2.39. The molecule has 1 aromatic carbocycles. The monoisotopic (exact) mass is 244 g/mol. The lowest BCUT2D eigenvalue weighted by atomic mass is 9.86. The molecule has 0 spiro atoms. The zero-order valence-corrected chi connectivity index (χ0v) is 12.0. The van der Waals surface area contributed by atoms with E-state index in [4.69, 9.17) is 4.74 Å². The first-order chi connectivity index (χ1) is 8.69. The molecule has 1 unspecified atom stereocenters. The molecule has 18 heavy (non-hydrogen) atoms. The molecule has 1 aliphatic heterocycles. The molecule has 1 aromatic rings. The summed E-state index contributed by atoms with van der Waals surface area (Å²) in [6.45, 7) is 12.4. The number of hydrogen-bond acceptors (Lipinski definition) is 1. The van der Waals surface area contributed by atoms with Crippen molar-refractivity contribution in [1.29, 1.82) is 0 Å². The fraction of sp³-hybridized carbons (Fsp3) is 0.412. The molecule has 0 aromatic heterocycles. The van der Waals surface area contributed by atoms with E-state index in [2.05, 4.69) is 46.4 Å². The SMILES string of the molecule is C=CC1=C(C)C(CC)c2ccccc2O1.CCC. The van der Waals surface area contributed by atoms with Crippen LogP contribution in [-0.4, -0.2) is 0 Å². The van der Waals surface area contributed by atoms with Gasteiger partial charge in [0, 0.05) is 11.5 Å². The third-order valence-electron chi connectivity index (χ3n) is 3.02. The molecule has 0 saturated heterocycles. The van der Waals surface area contributed by atoms with Crippen LogP contribution < -0.4 is 4.74 Å². The summed E-state index contributed by atoms with van der Waals surface area (Å²) in [6, 6.07) is 8.24. The predicted octanol–water partition coefficient (Wildman–Crippen LogP) is 5.45. The molecule has 1 heterocycles. The Morgan fingerprint density at radius 1 is 1.22 bits per heavy atom. The van der Waals surface area contributed by atoms with Crippen LogP contribution in [0.4, 0.5) is 0 Å². The number of ether oxygens (including phenoxy) is 1. The minimum absolute atomic E-state index is 0.475. The third-order valence-corrected chi connectivity index (χ3v) is 3.02. The number of para-hydroxylation sites is 1. The molecule has 1 nitrogen and oxygen atoms in total. The van der Waals surface area contributed by atoms with Gasteiger partial charge in [0.15, 0.2) is 0 Å². The molecular formula is C17H24O. The second kappa shape index (κ2) is 7.05. The Morgan fingerprint density at radius 3 is 2.39 bits per heavy atom. The van der Waals surface area contributed by atoms with E-state index in [1.54, 1.807) is 6.08 Å². The molecular weight excluding hydrogens is 220 g/mol. The summed E-state index contributed by atoms with van der Waals surface area (Å²) < 4.78 is 5.79. The number of benzene rings is 1. The molecule has 1 aliphatic rings. The van der Waals surface area contributed by atoms with Crippen LogP contribution in [0.1, 0.15) is 52.0 Å². The first-order valence-corrected chi connectivity index (χ1v) is 6.79. The van der Waals surface area contributed by atoms with Crippen LogP contribution in [0.25, 0.3) is 0 Å². The second-order valence-electron chi connectivity index (χ2n) is 4.56. The van der Waals surface area contributed by atoms with Gasteiger partial charge in [-0.1, -0.05) is 52.0 Å². The van der Waals surface area contributed by atoms with Crippen LogP contribution in [0.2, 0.25) is 0 Å². The van der Waals surface area contributed by atoms with Crippen molar-refractivity contribution >= 4 is 0 Å². The maximum absolute atomic E-state index is 5.79. The normalized spacial score (nSPS) is 17.2. The van der Waals surface area contributed by atoms with Crippen molar-refractivity contribution in [2.24, 2.45) is 0 Å². The highest BCUT2D eigenvalue weighted by Crippen LogP contribution is 2.40. The predicted molar refractivity (Wildman–Crippen MR) is 79.0 cm³/mol. The molecule has 0 amide bonds. The number of rotatable bonds is 2. The fourth-order valence-corrected chi connectivity index (χ4v) is 2.19. The molecule has 0 bridgehead atoms. The van der Waals surface area contributed by atoms with Gasteiger partial charge in [-0.25, -0.2) is 0 Å². The first-order valence-electron chi connectivity index (χ1n) is 6.79. The Bertz CT molecular complexity index is 429. The van der Waals surface area contributed by atoms with Crippen LogP contribution in [0.15, 0.2) is 48.3 Å². The highest BCUT2D eigenvalue weighted by atomic mass is 16.5. The van der Waals surface area contributed by atoms with Gasteiger partial charge in [0.05, 0.1) is 0 Å². The molecule has 0 aliphatic carbocycles. The molecule has 0 radical (unpaired) electrons. The Hall–Kier alpha value is -1.50. The van der Waals surface area contributed by atoms with E-state index in [-0.39, 0.29) is 0 Å². The summed E-state index contributed by atoms with van der Waals surface area (Å²) in [7, 11) is 0. The molecule has 0 saturated carbocycles. The number of allylic oxidation sites excluding steroid dienone is 2. The van der Waals surface area contributed by atoms with E-state index in [0.717, 1.165) is 17.9 Å². The van der Waals surface area contributed by atoms with Gasteiger partial charge in [-0.2, -0.15) is 0 Å². The maximum Gasteiger partial charge on any atom is 0.131 e. The topological polar surface area (TPSA) is 9.23 Å². The highest BCUT2D eigenvalue weighted by molar-refractivity contribution is 5.47. The van der Waals surface area contributed by atoms with E-state index in [1.807, 2.05) is 12.1 Å². The zero-order chi connectivity index (χ0) is 13.5. The minimum Gasteiger partial charge on any atom is -0.457 e. The number of fused-ring (bicyclic) bond motifs is 1. The van der Waals surface area contributed by atoms with Gasteiger partial charge >= 0.3 is 0 Å². The summed E-state index contributed by atoms with van der Waals surface area (Å²) in [6.07, 6.45) is 4.15. The molecule has 1 atom stereocenters. The summed E-state index contributed by atoms with van der Waals surface area (Å²) in [5.41, 5.74) is 2.58. The minimum atomic E-state index is 0.475. The maximum atomic E-state index is 5.79. The molecule has 0 N–H and O–H groups in total. The van der Waals surface area contributed by atoms with Gasteiger partial charge in [0.25, 0.3) is 0 Å². The lowest BCUT2D eigenvalue weighted by Gasteiger charge is -2.27. The lowest BCUT2D eigenvalue weighted by molar-refractivity contribution is 0.405. The van der Waals surface area contributed by atoms with Crippen molar-refractivity contribution in [3.8, 4) is 5.75 Å². The smallest absolute Gasteiger partial charge is 0.131 e. The van der Waals surface area contributed by atoms with Gasteiger partial charge in [-0.15, -0.1) is 0 Å². The average molecular weight is 244 g/mol. The Balaban J connectivity index is 0.000000492. The van der Waals surface area contributed by atoms with Crippen LogP contribution in [0, 0.1) is 0 Å². The summed E-state index contributed by atoms with van der Waals surface area (Å²) >= 11 is 0. The Kier molecular flexibility index (Phi) is 5.70. The van der Waals surface area contributed by atoms with Gasteiger partial charge < -0.3 is 4.74 Å². The zero-order valence-electron chi connectivity index (χ0n) is 12.0. The van der Waals surface area contributed by atoms with Crippen molar-refractivity contribution in [3.63, 3.8) is 0 Å². The van der Waals surface area contributed by atoms with E-state index in [9.17, 15) is 0 Å². The lowest BCUT2D eigenvalue weighted by Crippen LogP contribution is -2.12. The standard InChI is InChI=1S/C14H16O.C3H8/c1-4-11-10(3)13(5-2)15-14-9-7-6-8-12(11)14;1-3-2/h5-9,11H,2,4H2,1,3H3;3H2,1-2H3. The molecule has 1 heteroatoms. The van der Waals surface area contributed by atoms with Crippen LogP contribution >= 0.6 is 0 Å². The van der Waals surface area contributed by atoms with Crippen molar-refractivity contribution in [2.45, 2.75) is 46.5 Å². The van der Waals surface area contributed by atoms with Crippen LogP contribution in [0.3, 0.4) is 0 Å². The van der Waals surface area contributed by atoms with Crippen molar-refractivity contribution < 1.29 is 4.74 Å². The van der Waals surface area contributed by atoms with Gasteiger partial charge in [0.1, 0.15) is 11.5 Å². The molecule has 0 fully saturated rings.